The zero-order valence-electron chi connectivity index (χ0n) is 18.4. The van der Waals surface area contributed by atoms with E-state index in [1.54, 1.807) is 4.90 Å². The Labute approximate surface area is 200 Å². The van der Waals surface area contributed by atoms with Gasteiger partial charge in [-0.2, -0.15) is 0 Å². The maximum Gasteiger partial charge on any atom is 0.275 e. The highest BCUT2D eigenvalue weighted by Gasteiger charge is 2.49. The first-order valence-electron chi connectivity index (χ1n) is 11.4. The molecule has 1 spiro atoms. The van der Waals surface area contributed by atoms with Crippen molar-refractivity contribution in [2.24, 2.45) is 5.41 Å². The molecule has 3 aliphatic rings. The molecule has 3 N–H and O–H groups in total. The smallest absolute Gasteiger partial charge is 0.275 e. The van der Waals surface area contributed by atoms with Crippen molar-refractivity contribution < 1.29 is 23.9 Å². The van der Waals surface area contributed by atoms with Crippen LogP contribution in [0.4, 0.5) is 10.1 Å². The van der Waals surface area contributed by atoms with E-state index in [2.05, 4.69) is 15.3 Å². The molecular weight excluding hydrogens is 465 g/mol. The van der Waals surface area contributed by atoms with E-state index in [1.807, 2.05) is 0 Å². The molecule has 3 fully saturated rings. The van der Waals surface area contributed by atoms with Gasteiger partial charge in [0.2, 0.25) is 5.91 Å². The molecule has 0 atom stereocenters. The van der Waals surface area contributed by atoms with Gasteiger partial charge in [0.15, 0.2) is 5.69 Å². The van der Waals surface area contributed by atoms with Crippen LogP contribution in [0, 0.1) is 11.2 Å². The van der Waals surface area contributed by atoms with Crippen molar-refractivity contribution in [3.05, 3.63) is 46.8 Å². The van der Waals surface area contributed by atoms with Gasteiger partial charge in [0, 0.05) is 25.7 Å². The normalized spacial score (nSPS) is 25.0. The fraction of sp³-hybridized carbons (Fsp3) is 0.478. The number of carbonyl (C=O) groups is 3. The zero-order chi connectivity index (χ0) is 24.0. The van der Waals surface area contributed by atoms with Gasteiger partial charge in [-0.05, 0) is 50.3 Å². The van der Waals surface area contributed by atoms with Crippen LogP contribution in [0.15, 0.2) is 24.5 Å². The monoisotopic (exact) mass is 489 g/mol. The van der Waals surface area contributed by atoms with Gasteiger partial charge in [-0.15, -0.1) is 0 Å². The minimum atomic E-state index is -0.539. The third-order valence-electron chi connectivity index (χ3n) is 7.21. The van der Waals surface area contributed by atoms with Gasteiger partial charge in [0.05, 0.1) is 28.6 Å². The summed E-state index contributed by atoms with van der Waals surface area (Å²) in [4.78, 5) is 48.5. The first kappa shape index (κ1) is 22.8. The molecule has 3 amide bonds. The number of aromatic amines is 1. The Hall–Kier alpha value is -2.98. The van der Waals surface area contributed by atoms with Gasteiger partial charge in [-0.1, -0.05) is 11.6 Å². The van der Waals surface area contributed by atoms with Gasteiger partial charge in [0.25, 0.3) is 11.8 Å². The number of rotatable bonds is 4. The molecule has 5 rings (SSSR count). The minimum absolute atomic E-state index is 0.0102. The third kappa shape index (κ3) is 3.94. The van der Waals surface area contributed by atoms with Crippen molar-refractivity contribution in [1.82, 2.24) is 20.2 Å². The van der Waals surface area contributed by atoms with Crippen molar-refractivity contribution in [2.45, 2.75) is 44.2 Å². The lowest BCUT2D eigenvalue weighted by Crippen LogP contribution is -2.54. The van der Waals surface area contributed by atoms with E-state index in [4.69, 9.17) is 11.6 Å². The van der Waals surface area contributed by atoms with Crippen LogP contribution in [0.1, 0.15) is 53.1 Å². The number of β-amino-alcohol motifs (C(OH)–C–C–N with tert-alkyl or cyclic N) is 1. The lowest BCUT2D eigenvalue weighted by Gasteiger charge is -2.36. The van der Waals surface area contributed by atoms with Crippen LogP contribution < -0.4 is 10.2 Å². The molecule has 11 heteroatoms. The number of aromatic nitrogens is 2. The topological polar surface area (TPSA) is 119 Å². The van der Waals surface area contributed by atoms with E-state index in [1.165, 1.54) is 29.4 Å². The molecular formula is C23H25ClFN5O4. The Kier molecular flexibility index (Phi) is 5.81. The minimum Gasteiger partial charge on any atom is -0.389 e. The van der Waals surface area contributed by atoms with Crippen LogP contribution in [-0.4, -0.2) is 69.5 Å². The van der Waals surface area contributed by atoms with Crippen molar-refractivity contribution in [1.29, 1.82) is 0 Å². The van der Waals surface area contributed by atoms with Gasteiger partial charge >= 0.3 is 0 Å². The zero-order valence-corrected chi connectivity index (χ0v) is 19.1. The molecule has 34 heavy (non-hydrogen) atoms. The number of hydrogen-bond acceptors (Lipinski definition) is 5. The first-order valence-corrected chi connectivity index (χ1v) is 11.7. The number of imidazole rings is 1. The van der Waals surface area contributed by atoms with Crippen LogP contribution in [0.25, 0.3) is 0 Å². The lowest BCUT2D eigenvalue weighted by molar-refractivity contribution is -0.127. The molecule has 2 aromatic rings. The standard InChI is InChI=1S/C23H25ClFN5O4/c24-16-9-13(25)1-2-17(16)30-8-7-23(22(30)34)5-3-14(4-6-23)28-20(32)18-19(27-12-26-18)21(33)29-10-15(31)11-29/h1-2,9,12,14-15,31H,3-8,10-11H2,(H,26,27)(H,28,32)/t14-,23-. The first-order chi connectivity index (χ1) is 16.3. The quantitative estimate of drug-likeness (QED) is 0.608. The number of anilines is 1. The van der Waals surface area contributed by atoms with Gasteiger partial charge in [-0.3, -0.25) is 14.4 Å². The van der Waals surface area contributed by atoms with Crippen molar-refractivity contribution in [2.75, 3.05) is 24.5 Å². The highest BCUT2D eigenvalue weighted by Crippen LogP contribution is 2.47. The van der Waals surface area contributed by atoms with Crippen LogP contribution in [-0.2, 0) is 4.79 Å². The Bertz CT molecular complexity index is 1140. The number of nitrogens with one attached hydrogen (secondary N) is 2. The molecule has 0 radical (unpaired) electrons. The summed E-state index contributed by atoms with van der Waals surface area (Å²) in [7, 11) is 0. The van der Waals surface area contributed by atoms with E-state index >= 15 is 0 Å². The fourth-order valence-corrected chi connectivity index (χ4v) is 5.46. The molecule has 1 saturated carbocycles. The van der Waals surface area contributed by atoms with Gasteiger partial charge < -0.3 is 25.2 Å². The number of carbonyl (C=O) groups excluding carboxylic acids is 3. The third-order valence-corrected chi connectivity index (χ3v) is 7.51. The van der Waals surface area contributed by atoms with Crippen LogP contribution in [0.3, 0.4) is 0 Å². The molecule has 1 aromatic carbocycles. The average Bonchev–Trinajstić information content (AvgIpc) is 3.39. The number of halogens is 2. The summed E-state index contributed by atoms with van der Waals surface area (Å²) in [6.45, 7) is 0.976. The molecule has 2 saturated heterocycles. The summed E-state index contributed by atoms with van der Waals surface area (Å²) in [5, 5.41) is 12.6. The van der Waals surface area contributed by atoms with E-state index in [9.17, 15) is 23.9 Å². The van der Waals surface area contributed by atoms with Gasteiger partial charge in [-0.25, -0.2) is 9.37 Å². The number of amides is 3. The number of hydrogen-bond donors (Lipinski definition) is 3. The Morgan fingerprint density at radius 3 is 2.65 bits per heavy atom. The van der Waals surface area contributed by atoms with Gasteiger partial charge in [0.1, 0.15) is 11.5 Å². The predicted molar refractivity (Wildman–Crippen MR) is 121 cm³/mol. The number of likely N-dealkylation sites (tertiary alicyclic amines) is 1. The maximum atomic E-state index is 13.4. The second-order valence-electron chi connectivity index (χ2n) is 9.32. The largest absolute Gasteiger partial charge is 0.389 e. The molecule has 180 valence electrons. The maximum absolute atomic E-state index is 13.4. The summed E-state index contributed by atoms with van der Waals surface area (Å²) in [6, 6.07) is 3.90. The summed E-state index contributed by atoms with van der Waals surface area (Å²) in [5.74, 6) is -1.27. The molecule has 1 aromatic heterocycles. The van der Waals surface area contributed by atoms with E-state index in [0.29, 0.717) is 44.3 Å². The highest BCUT2D eigenvalue weighted by atomic mass is 35.5. The molecule has 2 aliphatic heterocycles. The lowest BCUT2D eigenvalue weighted by atomic mass is 9.71. The number of nitrogens with zero attached hydrogens (tertiary/aromatic N) is 3. The number of H-pyrrole nitrogens is 1. The fourth-order valence-electron chi connectivity index (χ4n) is 5.19. The Morgan fingerprint density at radius 1 is 1.24 bits per heavy atom. The number of aliphatic hydroxyl groups is 1. The number of aliphatic hydroxyl groups excluding tert-OH is 1. The van der Waals surface area contributed by atoms with Crippen LogP contribution in [0.5, 0.6) is 0 Å². The van der Waals surface area contributed by atoms with E-state index in [0.717, 1.165) is 0 Å². The molecule has 3 heterocycles. The second-order valence-corrected chi connectivity index (χ2v) is 9.73. The van der Waals surface area contributed by atoms with E-state index < -0.39 is 29.2 Å². The summed E-state index contributed by atoms with van der Waals surface area (Å²) in [5.41, 5.74) is 0.147. The molecule has 0 unspecified atom stereocenters. The Morgan fingerprint density at radius 2 is 1.97 bits per heavy atom. The predicted octanol–water partition coefficient (Wildman–Crippen LogP) is 2.11. The van der Waals surface area contributed by atoms with Crippen LogP contribution >= 0.6 is 11.6 Å². The SMILES string of the molecule is O=C(N[C@H]1CC[C@@]2(CCN(c3ccc(F)cc3Cl)C2=O)CC1)c1[nH]cnc1C(=O)N1CC(O)C1. The van der Waals surface area contributed by atoms with E-state index in [-0.39, 0.29) is 41.4 Å². The van der Waals surface area contributed by atoms with Crippen molar-refractivity contribution in [3.63, 3.8) is 0 Å². The Balaban J connectivity index is 1.20. The summed E-state index contributed by atoms with van der Waals surface area (Å²) >= 11 is 6.18. The number of benzene rings is 1. The second kappa shape index (κ2) is 8.66. The molecule has 9 nitrogen and oxygen atoms in total. The average molecular weight is 490 g/mol. The summed E-state index contributed by atoms with van der Waals surface area (Å²) in [6.07, 6.45) is 3.93. The highest BCUT2D eigenvalue weighted by molar-refractivity contribution is 6.34. The van der Waals surface area contributed by atoms with Crippen molar-refractivity contribution >= 4 is 35.0 Å². The van der Waals surface area contributed by atoms with Crippen LogP contribution in [0.2, 0.25) is 5.02 Å². The van der Waals surface area contributed by atoms with Crippen molar-refractivity contribution in [3.8, 4) is 0 Å². The summed E-state index contributed by atoms with van der Waals surface area (Å²) < 4.78 is 13.4. The molecule has 0 bridgehead atoms. The molecule has 1 aliphatic carbocycles.